The molecule has 0 saturated heterocycles. The Morgan fingerprint density at radius 3 is 2.03 bits per heavy atom. The summed E-state index contributed by atoms with van der Waals surface area (Å²) in [6.07, 6.45) is 19.9. The lowest BCUT2D eigenvalue weighted by atomic mass is 9.37. The number of rotatable bonds is 11. The molecule has 1 aromatic heterocycles. The van der Waals surface area contributed by atoms with Gasteiger partial charge in [0.05, 0.1) is 5.69 Å². The lowest BCUT2D eigenvalue weighted by molar-refractivity contribution is 0.332. The average molecular weight is 925 g/mol. The smallest absolute Gasteiger partial charge is 0.256 e. The van der Waals surface area contributed by atoms with Gasteiger partial charge in [-0.25, -0.2) is 0 Å². The summed E-state index contributed by atoms with van der Waals surface area (Å²) in [6.45, 7) is 47.3. The van der Waals surface area contributed by atoms with Crippen LogP contribution in [0.5, 0.6) is 0 Å². The third-order valence-corrected chi connectivity index (χ3v) is 16.6. The summed E-state index contributed by atoms with van der Waals surface area (Å²) in [4.78, 5) is 2.74. The van der Waals surface area contributed by atoms with Crippen molar-refractivity contribution in [3.8, 4) is 0 Å². The molecule has 4 aromatic rings. The highest BCUT2D eigenvalue weighted by Crippen LogP contribution is 2.50. The first kappa shape index (κ1) is 51.3. The molecule has 0 amide bonds. The molecule has 0 saturated carbocycles. The Morgan fingerprint density at radius 1 is 0.838 bits per heavy atom. The molecule has 1 atom stereocenters. The van der Waals surface area contributed by atoms with Crippen LogP contribution in [0.25, 0.3) is 10.1 Å². The molecular formula is C64H85BN2S. The fourth-order valence-corrected chi connectivity index (χ4v) is 12.3. The largest absolute Gasteiger partial charge is 0.356 e. The van der Waals surface area contributed by atoms with Gasteiger partial charge in [-0.3, -0.25) is 0 Å². The SMILES string of the molecule is C=C/C(=C\C=C\C1=CC(C(C)C)CC=C1N1C/C(=C(\C=C(C)C)Nc2ccc(C(C)(C)C)c(C(C)(C)C)c2)B(c2ccc(C(C)C)cc2)c2sc3cc4c(cc3c21)C(C)(C)CCC4(C)C)C(C)C. The van der Waals surface area contributed by atoms with Crippen LogP contribution in [0.4, 0.5) is 11.4 Å². The Hall–Kier alpha value is -4.54. The number of nitrogens with one attached hydrogen (secondary N) is 1. The van der Waals surface area contributed by atoms with Crippen molar-refractivity contribution in [1.29, 1.82) is 0 Å². The molecule has 4 heteroatoms. The Kier molecular flexibility index (Phi) is 14.6. The van der Waals surface area contributed by atoms with Gasteiger partial charge in [0.2, 0.25) is 0 Å². The van der Waals surface area contributed by atoms with Crippen molar-refractivity contribution in [2.24, 2.45) is 17.8 Å². The van der Waals surface area contributed by atoms with Crippen LogP contribution in [0.3, 0.4) is 0 Å². The topological polar surface area (TPSA) is 15.3 Å². The number of benzene rings is 3. The quantitative estimate of drug-likeness (QED) is 0.119. The standard InChI is InChI=1S/C64H85BN2S/c1-20-44(41(4)5)22-21-23-47-35-46(43(8)9)26-31-57(47)67-39-55(56(34-40(2)3)66-49-29-30-51(61(10,11)12)52(36-49)62(13,14)15)65(48-27-24-45(25-28-48)42(6)7)60-59(67)50-37-53-54(38-58(50)68-60)64(18,19)33-32-63(53,16)17/h20-25,27-31,34-38,41-43,46,66H,1,26,32-33,39H2,2-19H3/b23-21+,44-22+,56-55-. The predicted molar refractivity (Wildman–Crippen MR) is 305 cm³/mol. The minimum absolute atomic E-state index is 0.0188. The van der Waals surface area contributed by atoms with E-state index in [1.807, 2.05) is 17.4 Å². The molecule has 7 rings (SSSR count). The van der Waals surface area contributed by atoms with Gasteiger partial charge >= 0.3 is 0 Å². The summed E-state index contributed by atoms with van der Waals surface area (Å²) in [5.74, 6) is 1.86. The van der Waals surface area contributed by atoms with Gasteiger partial charge in [-0.15, -0.1) is 11.3 Å². The summed E-state index contributed by atoms with van der Waals surface area (Å²) >= 11 is 2.04. The molecule has 3 aromatic carbocycles. The van der Waals surface area contributed by atoms with Crippen molar-refractivity contribution < 1.29 is 0 Å². The van der Waals surface area contributed by atoms with Crippen molar-refractivity contribution in [3.05, 3.63) is 165 Å². The number of allylic oxidation sites excluding steroid dienone is 9. The van der Waals surface area contributed by atoms with E-state index in [1.54, 1.807) is 0 Å². The van der Waals surface area contributed by atoms with Gasteiger partial charge in [-0.1, -0.05) is 195 Å². The van der Waals surface area contributed by atoms with E-state index in [9.17, 15) is 0 Å². The highest BCUT2D eigenvalue weighted by atomic mass is 32.1. The minimum atomic E-state index is -0.0188. The lowest BCUT2D eigenvalue weighted by Gasteiger charge is -2.42. The van der Waals surface area contributed by atoms with Gasteiger partial charge in [-0.2, -0.15) is 0 Å². The van der Waals surface area contributed by atoms with E-state index < -0.39 is 0 Å². The number of thiophene rings is 1. The van der Waals surface area contributed by atoms with Crippen molar-refractivity contribution in [3.63, 3.8) is 0 Å². The van der Waals surface area contributed by atoms with Crippen molar-refractivity contribution in [1.82, 2.24) is 0 Å². The van der Waals surface area contributed by atoms with Gasteiger partial charge in [0.15, 0.2) is 0 Å². The van der Waals surface area contributed by atoms with E-state index in [-0.39, 0.29) is 28.4 Å². The molecule has 0 bridgehead atoms. The minimum Gasteiger partial charge on any atom is -0.356 e. The first-order valence-corrected chi connectivity index (χ1v) is 26.7. The second kappa shape index (κ2) is 19.3. The highest BCUT2D eigenvalue weighted by molar-refractivity contribution is 7.32. The summed E-state index contributed by atoms with van der Waals surface area (Å²) < 4.78 is 2.83. The van der Waals surface area contributed by atoms with E-state index >= 15 is 0 Å². The molecule has 2 nitrogen and oxygen atoms in total. The second-order valence-corrected chi connectivity index (χ2v) is 26.2. The molecule has 3 aliphatic rings. The van der Waals surface area contributed by atoms with Gasteiger partial charge in [0.1, 0.15) is 0 Å². The second-order valence-electron chi connectivity index (χ2n) is 25.1. The maximum atomic E-state index is 4.17. The van der Waals surface area contributed by atoms with Crippen LogP contribution in [0, 0.1) is 17.8 Å². The van der Waals surface area contributed by atoms with Crippen molar-refractivity contribution in [2.45, 2.75) is 171 Å². The predicted octanol–water partition coefficient (Wildman–Crippen LogP) is 17.1. The molecule has 1 unspecified atom stereocenters. The maximum Gasteiger partial charge on any atom is 0.256 e. The van der Waals surface area contributed by atoms with Gasteiger partial charge < -0.3 is 10.2 Å². The van der Waals surface area contributed by atoms with Crippen LogP contribution < -0.4 is 20.5 Å². The van der Waals surface area contributed by atoms with Gasteiger partial charge in [0, 0.05) is 38.5 Å². The van der Waals surface area contributed by atoms with E-state index in [4.69, 9.17) is 0 Å². The molecule has 2 aliphatic carbocycles. The molecule has 2 heterocycles. The Morgan fingerprint density at radius 2 is 1.47 bits per heavy atom. The zero-order chi connectivity index (χ0) is 49.8. The zero-order valence-electron chi connectivity index (χ0n) is 45.5. The number of nitrogens with zero attached hydrogens (tertiary/aromatic N) is 1. The first-order valence-electron chi connectivity index (χ1n) is 25.9. The first-order chi connectivity index (χ1) is 31.7. The number of fused-ring (bicyclic) bond motifs is 4. The summed E-state index contributed by atoms with van der Waals surface area (Å²) in [5.41, 5.74) is 19.0. The number of anilines is 2. The van der Waals surface area contributed by atoms with Crippen molar-refractivity contribution in [2.75, 3.05) is 16.8 Å². The normalized spacial score (nSPS) is 19.4. The maximum absolute atomic E-state index is 4.17. The van der Waals surface area contributed by atoms with E-state index in [1.165, 1.54) is 100 Å². The fourth-order valence-electron chi connectivity index (χ4n) is 10.9. The highest BCUT2D eigenvalue weighted by Gasteiger charge is 2.43. The van der Waals surface area contributed by atoms with Crippen molar-refractivity contribution >= 4 is 49.7 Å². The summed E-state index contributed by atoms with van der Waals surface area (Å²) in [7, 11) is 0. The fraction of sp³-hybridized carbons (Fsp3) is 0.469. The third kappa shape index (κ3) is 10.5. The van der Waals surface area contributed by atoms with Gasteiger partial charge in [-0.05, 0) is 153 Å². The van der Waals surface area contributed by atoms with E-state index in [0.717, 1.165) is 18.7 Å². The monoisotopic (exact) mass is 925 g/mol. The molecule has 0 spiro atoms. The summed E-state index contributed by atoms with van der Waals surface area (Å²) in [6, 6.07) is 22.1. The number of hydrogen-bond acceptors (Lipinski definition) is 3. The average Bonchev–Trinajstić information content (AvgIpc) is 3.63. The summed E-state index contributed by atoms with van der Waals surface area (Å²) in [5, 5.41) is 5.56. The van der Waals surface area contributed by atoms with Crippen LogP contribution >= 0.6 is 11.3 Å². The van der Waals surface area contributed by atoms with E-state index in [2.05, 4.69) is 232 Å². The molecule has 0 fully saturated rings. The molecule has 360 valence electrons. The zero-order valence-corrected chi connectivity index (χ0v) is 46.3. The van der Waals surface area contributed by atoms with Crippen LogP contribution in [-0.4, -0.2) is 13.3 Å². The number of hydrogen-bond donors (Lipinski definition) is 1. The van der Waals surface area contributed by atoms with Gasteiger partial charge in [0.25, 0.3) is 6.71 Å². The van der Waals surface area contributed by atoms with E-state index in [0.29, 0.717) is 23.7 Å². The molecule has 1 N–H and O–H groups in total. The lowest BCUT2D eigenvalue weighted by Crippen LogP contribution is -2.53. The Labute approximate surface area is 418 Å². The van der Waals surface area contributed by atoms with Crippen LogP contribution in [-0.2, 0) is 21.7 Å². The van der Waals surface area contributed by atoms with Crippen LogP contribution in [0.1, 0.15) is 178 Å². The third-order valence-electron chi connectivity index (χ3n) is 15.4. The molecule has 68 heavy (non-hydrogen) atoms. The van der Waals surface area contributed by atoms with Crippen LogP contribution in [0.2, 0.25) is 0 Å². The Balaban J connectivity index is 1.58. The molecule has 0 radical (unpaired) electrons. The molecule has 1 aliphatic heterocycles. The molecular weight excluding hydrogens is 840 g/mol. The Bertz CT molecular complexity index is 2730. The van der Waals surface area contributed by atoms with Crippen LogP contribution in [0.15, 0.2) is 137 Å².